The van der Waals surface area contributed by atoms with Gasteiger partial charge < -0.3 is 19.8 Å². The fraction of sp³-hybridized carbons (Fsp3) is 0.219. The molecule has 0 amide bonds. The molecule has 0 saturated carbocycles. The number of hydrogen-bond donors (Lipinski definition) is 0. The number of hydrogen-bond acceptors (Lipinski definition) is 6. The Morgan fingerprint density at radius 3 is 2.65 bits per heavy atom. The summed E-state index contributed by atoms with van der Waals surface area (Å²) in [5, 5.41) is 12.2. The standard InChI is InChI=1S/C32H30ClN4O3/c1-4-39-32-18-30-28(17-23(32)16-26(38)9-7-13-37(2)3)27(24(19-34)20-36-30)14-22-10-11-31(29(33)15-22)40-21-25-8-5-6-12-35-25/h5-12,14-15,17-18,20H,4,13,16,21H2,1-3H3/q-1/b9-7+,27-14?. The predicted molar refractivity (Wildman–Crippen MR) is 160 cm³/mol. The number of benzene rings is 2. The number of pyridine rings is 2. The van der Waals surface area contributed by atoms with Crippen molar-refractivity contribution in [1.29, 1.82) is 0 Å². The first-order valence-corrected chi connectivity index (χ1v) is 13.3. The van der Waals surface area contributed by atoms with Gasteiger partial charge in [0.05, 0.1) is 22.8 Å². The van der Waals surface area contributed by atoms with Crippen LogP contribution in [0.5, 0.6) is 11.5 Å². The van der Waals surface area contributed by atoms with E-state index in [1.807, 2.05) is 74.5 Å². The van der Waals surface area contributed by atoms with Crippen LogP contribution in [0.15, 0.2) is 73.1 Å². The third kappa shape index (κ3) is 7.42. The maximum atomic E-state index is 12.7. The molecule has 0 aliphatic carbocycles. The summed E-state index contributed by atoms with van der Waals surface area (Å²) in [6.45, 7) is 3.31. The number of carbonyl (C=O) groups is 1. The molecule has 0 aliphatic heterocycles. The fourth-order valence-electron chi connectivity index (χ4n) is 4.13. The fourth-order valence-corrected chi connectivity index (χ4v) is 4.37. The van der Waals surface area contributed by atoms with Crippen molar-refractivity contribution in [3.63, 3.8) is 0 Å². The topological polar surface area (TPSA) is 86.9 Å². The molecule has 0 spiro atoms. The summed E-state index contributed by atoms with van der Waals surface area (Å²) < 4.78 is 11.7. The van der Waals surface area contributed by atoms with Gasteiger partial charge in [-0.15, -0.1) is 0 Å². The summed E-state index contributed by atoms with van der Waals surface area (Å²) in [6.07, 6.45) is 8.75. The Hall–Kier alpha value is -4.29. The number of likely N-dealkylation sites (N-methyl/N-ethyl adjacent to an activating group) is 1. The number of nitrogens with zero attached hydrogens (tertiary/aromatic N) is 4. The largest absolute Gasteiger partial charge is 0.763 e. The lowest BCUT2D eigenvalue weighted by atomic mass is 10.0. The minimum atomic E-state index is -0.0369. The third-order valence-corrected chi connectivity index (χ3v) is 6.32. The summed E-state index contributed by atoms with van der Waals surface area (Å²) in [7, 11) is 3.89. The van der Waals surface area contributed by atoms with Crippen molar-refractivity contribution in [3.05, 3.63) is 111 Å². The molecule has 0 bridgehead atoms. The molecular formula is C32H30ClN4O3-. The number of ketones is 1. The molecular weight excluding hydrogens is 524 g/mol. The van der Waals surface area contributed by atoms with Gasteiger partial charge in [-0.2, -0.15) is 0 Å². The van der Waals surface area contributed by atoms with E-state index in [0.29, 0.717) is 52.2 Å². The second-order valence-electron chi connectivity index (χ2n) is 9.36. The molecule has 0 N–H and O–H groups in total. The highest BCUT2D eigenvalue weighted by Crippen LogP contribution is 2.27. The van der Waals surface area contributed by atoms with E-state index in [2.05, 4.69) is 15.8 Å². The van der Waals surface area contributed by atoms with E-state index in [4.69, 9.17) is 21.1 Å². The molecule has 2 aromatic heterocycles. The Bertz CT molecular complexity index is 1680. The van der Waals surface area contributed by atoms with Gasteiger partial charge in [0.15, 0.2) is 5.78 Å². The van der Waals surface area contributed by atoms with Crippen molar-refractivity contribution in [3.8, 4) is 11.5 Å². The van der Waals surface area contributed by atoms with Crippen LogP contribution in [0, 0.1) is 0 Å². The van der Waals surface area contributed by atoms with E-state index >= 15 is 0 Å². The molecule has 2 heterocycles. The number of carbonyl (C=O) groups excluding carboxylic acids is 1. The predicted octanol–water partition coefficient (Wildman–Crippen LogP) is 4.23. The third-order valence-electron chi connectivity index (χ3n) is 6.02. The Kier molecular flexibility index (Phi) is 9.81. The lowest BCUT2D eigenvalue weighted by Crippen LogP contribution is -2.27. The van der Waals surface area contributed by atoms with Crippen LogP contribution in [0.4, 0.5) is 0 Å². The number of fused-ring (bicyclic) bond motifs is 1. The van der Waals surface area contributed by atoms with Crippen molar-refractivity contribution in [2.24, 2.45) is 0 Å². The smallest absolute Gasteiger partial charge is 0.159 e. The van der Waals surface area contributed by atoms with Crippen LogP contribution in [0.3, 0.4) is 0 Å². The summed E-state index contributed by atoms with van der Waals surface area (Å²) in [4.78, 5) is 23.5. The molecule has 2 aromatic carbocycles. The lowest BCUT2D eigenvalue weighted by Gasteiger charge is -2.12. The van der Waals surface area contributed by atoms with Crippen LogP contribution >= 0.6 is 11.6 Å². The molecule has 204 valence electrons. The summed E-state index contributed by atoms with van der Waals surface area (Å²) in [5.74, 6) is 3.34. The SMILES string of the molecule is CCOc1cc2ncc(=C=[N-])c(=Cc3ccc(OCc4ccccn4)c(Cl)c3)c2cc1CC(=O)/C=C/CN(C)C. The Labute approximate surface area is 238 Å². The molecule has 0 aliphatic rings. The van der Waals surface area contributed by atoms with Gasteiger partial charge in [0.25, 0.3) is 0 Å². The van der Waals surface area contributed by atoms with Gasteiger partial charge in [0.1, 0.15) is 18.1 Å². The average molecular weight is 554 g/mol. The van der Waals surface area contributed by atoms with E-state index < -0.39 is 0 Å². The van der Waals surface area contributed by atoms with E-state index in [-0.39, 0.29) is 12.2 Å². The monoisotopic (exact) mass is 553 g/mol. The van der Waals surface area contributed by atoms with Gasteiger partial charge in [-0.3, -0.25) is 20.6 Å². The zero-order valence-corrected chi connectivity index (χ0v) is 23.5. The van der Waals surface area contributed by atoms with Gasteiger partial charge >= 0.3 is 0 Å². The molecule has 4 aromatic rings. The number of allylic oxidation sites excluding steroid dienone is 1. The zero-order chi connectivity index (χ0) is 28.5. The highest BCUT2D eigenvalue weighted by atomic mass is 35.5. The van der Waals surface area contributed by atoms with Crippen molar-refractivity contribution in [2.45, 2.75) is 20.0 Å². The molecule has 7 nitrogen and oxygen atoms in total. The quantitative estimate of drug-likeness (QED) is 0.204. The van der Waals surface area contributed by atoms with Crippen molar-refractivity contribution < 1.29 is 14.3 Å². The van der Waals surface area contributed by atoms with E-state index in [1.165, 1.54) is 0 Å². The van der Waals surface area contributed by atoms with Gasteiger partial charge in [-0.05, 0) is 74.3 Å². The molecule has 4 rings (SSSR count). The lowest BCUT2D eigenvalue weighted by molar-refractivity contribution is -0.114. The van der Waals surface area contributed by atoms with Crippen molar-refractivity contribution in [2.75, 3.05) is 27.2 Å². The van der Waals surface area contributed by atoms with Gasteiger partial charge in [0, 0.05) is 47.6 Å². The Morgan fingerprint density at radius 1 is 1.10 bits per heavy atom. The normalized spacial score (nSPS) is 11.8. The summed E-state index contributed by atoms with van der Waals surface area (Å²) >= 11 is 6.55. The molecule has 0 unspecified atom stereocenters. The maximum absolute atomic E-state index is 12.7. The molecule has 8 heteroatoms. The molecule has 0 saturated heterocycles. The van der Waals surface area contributed by atoms with Gasteiger partial charge in [-0.1, -0.05) is 29.8 Å². The highest BCUT2D eigenvalue weighted by Gasteiger charge is 2.12. The molecule has 0 atom stereocenters. The van der Waals surface area contributed by atoms with Crippen molar-refractivity contribution in [1.82, 2.24) is 14.9 Å². The average Bonchev–Trinajstić information content (AvgIpc) is 2.94. The van der Waals surface area contributed by atoms with Crippen LogP contribution in [0.1, 0.15) is 23.7 Å². The van der Waals surface area contributed by atoms with Crippen LogP contribution in [0.25, 0.3) is 22.4 Å². The second kappa shape index (κ2) is 13.7. The van der Waals surface area contributed by atoms with Crippen LogP contribution in [0.2, 0.25) is 5.02 Å². The van der Waals surface area contributed by atoms with E-state index in [1.54, 1.807) is 30.6 Å². The van der Waals surface area contributed by atoms with Crippen molar-refractivity contribution >= 4 is 40.2 Å². The van der Waals surface area contributed by atoms with Crippen LogP contribution < -0.4 is 19.9 Å². The van der Waals surface area contributed by atoms with Crippen LogP contribution in [-0.2, 0) is 17.8 Å². The number of halogens is 1. The minimum Gasteiger partial charge on any atom is -0.763 e. The number of rotatable bonds is 11. The van der Waals surface area contributed by atoms with Crippen LogP contribution in [-0.4, -0.2) is 53.8 Å². The molecule has 0 fully saturated rings. The van der Waals surface area contributed by atoms with Gasteiger partial charge in [-0.25, -0.2) is 0 Å². The first-order valence-electron chi connectivity index (χ1n) is 12.9. The second-order valence-corrected chi connectivity index (χ2v) is 9.77. The maximum Gasteiger partial charge on any atom is 0.159 e. The van der Waals surface area contributed by atoms with Gasteiger partial charge in [0.2, 0.25) is 0 Å². The summed E-state index contributed by atoms with van der Waals surface area (Å²) in [6, 6.07) is 14.8. The molecule has 0 radical (unpaired) electrons. The number of ether oxygens (including phenoxy) is 2. The zero-order valence-electron chi connectivity index (χ0n) is 22.7. The minimum absolute atomic E-state index is 0.0369. The summed E-state index contributed by atoms with van der Waals surface area (Å²) in [5.41, 5.74) is 2.98. The first kappa shape index (κ1) is 28.7. The molecule has 40 heavy (non-hydrogen) atoms. The highest BCUT2D eigenvalue weighted by molar-refractivity contribution is 6.32. The number of aromatic nitrogens is 2. The van der Waals surface area contributed by atoms with E-state index in [9.17, 15) is 10.2 Å². The Balaban J connectivity index is 1.73. The Morgan fingerprint density at radius 2 is 1.95 bits per heavy atom. The van der Waals surface area contributed by atoms with E-state index in [0.717, 1.165) is 22.2 Å². The first-order chi connectivity index (χ1) is 19.4.